The molecule has 0 amide bonds. The third-order valence-corrected chi connectivity index (χ3v) is 8.11. The zero-order chi connectivity index (χ0) is 26.9. The number of para-hydroxylation sites is 1. The number of fused-ring (bicyclic) bond motifs is 4. The van der Waals surface area contributed by atoms with Gasteiger partial charge in [-0.05, 0) is 76.2 Å². The summed E-state index contributed by atoms with van der Waals surface area (Å²) in [6.07, 6.45) is 7.67. The van der Waals surface area contributed by atoms with Crippen molar-refractivity contribution in [1.29, 1.82) is 0 Å². The number of halogens is 1. The standard InChI is InChI=1S/C36H29FN2O/c37-27-17-12-24(13-18-27)23-40-35-21-16-25-6-1-2-7-29(25)33(35)22-38-28-19-14-26(15-20-28)36-32-10-5-9-30(32)31-8-3-4-11-34(31)39-36/h1-9,11-22,30,32,36,39H,10,23H2/t30-,32+,36+/m1/s1. The summed E-state index contributed by atoms with van der Waals surface area (Å²) in [6, 6.07) is 36.2. The molecule has 0 bridgehead atoms. The fourth-order valence-corrected chi connectivity index (χ4v) is 6.06. The van der Waals surface area contributed by atoms with E-state index in [-0.39, 0.29) is 11.9 Å². The van der Waals surface area contributed by atoms with E-state index in [0.717, 1.165) is 39.8 Å². The summed E-state index contributed by atoms with van der Waals surface area (Å²) >= 11 is 0. The molecule has 40 heavy (non-hydrogen) atoms. The van der Waals surface area contributed by atoms with Crippen LogP contribution < -0.4 is 10.1 Å². The molecule has 1 N–H and O–H groups in total. The maximum atomic E-state index is 13.3. The average Bonchev–Trinajstić information content (AvgIpc) is 3.50. The molecule has 0 radical (unpaired) electrons. The highest BCUT2D eigenvalue weighted by atomic mass is 19.1. The molecule has 0 spiro atoms. The van der Waals surface area contributed by atoms with Crippen molar-refractivity contribution in [1.82, 2.24) is 0 Å². The zero-order valence-corrected chi connectivity index (χ0v) is 22.0. The van der Waals surface area contributed by atoms with Gasteiger partial charge in [0, 0.05) is 23.4 Å². The summed E-state index contributed by atoms with van der Waals surface area (Å²) < 4.78 is 19.5. The van der Waals surface area contributed by atoms with Crippen molar-refractivity contribution in [2.75, 3.05) is 5.32 Å². The Bertz CT molecular complexity index is 1720. The Kier molecular flexibility index (Phi) is 6.37. The van der Waals surface area contributed by atoms with Gasteiger partial charge in [0.15, 0.2) is 0 Å². The Morgan fingerprint density at radius 2 is 1.65 bits per heavy atom. The lowest BCUT2D eigenvalue weighted by Crippen LogP contribution is -2.28. The number of ether oxygens (including phenoxy) is 1. The number of nitrogens with one attached hydrogen (secondary N) is 1. The molecule has 5 aromatic rings. The summed E-state index contributed by atoms with van der Waals surface area (Å²) in [4.78, 5) is 4.86. The fourth-order valence-electron chi connectivity index (χ4n) is 6.06. The summed E-state index contributed by atoms with van der Waals surface area (Å²) in [7, 11) is 0. The SMILES string of the molecule is Fc1ccc(COc2ccc3ccccc3c2C=Nc2ccc([C@@H]3Nc4ccccc4[C@H]4C=CC[C@@H]43)cc2)cc1. The van der Waals surface area contributed by atoms with Crippen molar-refractivity contribution >= 4 is 28.4 Å². The molecular weight excluding hydrogens is 495 g/mol. The van der Waals surface area contributed by atoms with Crippen molar-refractivity contribution in [2.45, 2.75) is 25.0 Å². The van der Waals surface area contributed by atoms with E-state index < -0.39 is 0 Å². The van der Waals surface area contributed by atoms with E-state index >= 15 is 0 Å². The fraction of sp³-hybridized carbons (Fsp3) is 0.139. The second kappa shape index (κ2) is 10.5. The van der Waals surface area contributed by atoms with E-state index in [4.69, 9.17) is 9.73 Å². The molecule has 3 nitrogen and oxygen atoms in total. The van der Waals surface area contributed by atoms with Gasteiger partial charge in [-0.2, -0.15) is 0 Å². The summed E-state index contributed by atoms with van der Waals surface area (Å²) in [6.45, 7) is 0.350. The summed E-state index contributed by atoms with van der Waals surface area (Å²) in [5.41, 5.74) is 6.62. The second-order valence-corrected chi connectivity index (χ2v) is 10.5. The van der Waals surface area contributed by atoms with E-state index in [1.807, 2.05) is 24.4 Å². The van der Waals surface area contributed by atoms with Gasteiger partial charge >= 0.3 is 0 Å². The number of hydrogen-bond donors (Lipinski definition) is 1. The molecule has 5 aromatic carbocycles. The van der Waals surface area contributed by atoms with Crippen LogP contribution in [0.25, 0.3) is 10.8 Å². The Balaban J connectivity index is 1.15. The van der Waals surface area contributed by atoms with Gasteiger partial charge < -0.3 is 10.1 Å². The van der Waals surface area contributed by atoms with Crippen molar-refractivity contribution in [2.24, 2.45) is 10.9 Å². The normalized spacial score (nSPS) is 19.4. The van der Waals surface area contributed by atoms with Crippen LogP contribution in [0.15, 0.2) is 126 Å². The van der Waals surface area contributed by atoms with Crippen LogP contribution in [0.5, 0.6) is 5.75 Å². The minimum absolute atomic E-state index is 0.253. The highest BCUT2D eigenvalue weighted by Crippen LogP contribution is 2.49. The number of rotatable bonds is 6. The first kappa shape index (κ1) is 24.3. The minimum Gasteiger partial charge on any atom is -0.488 e. The van der Waals surface area contributed by atoms with Crippen molar-refractivity contribution < 1.29 is 9.13 Å². The highest BCUT2D eigenvalue weighted by Gasteiger charge is 2.37. The van der Waals surface area contributed by atoms with E-state index in [0.29, 0.717) is 18.4 Å². The van der Waals surface area contributed by atoms with Crippen LogP contribution in [0, 0.1) is 11.7 Å². The van der Waals surface area contributed by atoms with Gasteiger partial charge in [0.2, 0.25) is 0 Å². The third-order valence-electron chi connectivity index (χ3n) is 8.11. The van der Waals surface area contributed by atoms with Crippen LogP contribution in [-0.4, -0.2) is 6.21 Å². The first-order chi connectivity index (χ1) is 19.7. The average molecular weight is 525 g/mol. The lowest BCUT2D eigenvalue weighted by atomic mass is 9.77. The van der Waals surface area contributed by atoms with E-state index in [1.165, 1.54) is 28.9 Å². The topological polar surface area (TPSA) is 33.6 Å². The zero-order valence-electron chi connectivity index (χ0n) is 22.0. The smallest absolute Gasteiger partial charge is 0.129 e. The Morgan fingerprint density at radius 1 is 0.850 bits per heavy atom. The molecule has 0 saturated heterocycles. The quantitative estimate of drug-likeness (QED) is 0.177. The monoisotopic (exact) mass is 524 g/mol. The van der Waals surface area contributed by atoms with Crippen LogP contribution in [0.1, 0.15) is 40.6 Å². The van der Waals surface area contributed by atoms with Crippen LogP contribution in [0.3, 0.4) is 0 Å². The molecule has 2 aliphatic rings. The van der Waals surface area contributed by atoms with Gasteiger partial charge in [-0.1, -0.05) is 84.9 Å². The van der Waals surface area contributed by atoms with Crippen molar-refractivity contribution in [3.8, 4) is 5.75 Å². The maximum Gasteiger partial charge on any atom is 0.129 e. The van der Waals surface area contributed by atoms with Crippen LogP contribution in [0.2, 0.25) is 0 Å². The molecule has 3 atom stereocenters. The Hall–Kier alpha value is -4.70. The van der Waals surface area contributed by atoms with Crippen molar-refractivity contribution in [3.63, 3.8) is 0 Å². The number of nitrogens with zero attached hydrogens (tertiary/aromatic N) is 1. The van der Waals surface area contributed by atoms with Crippen LogP contribution in [0.4, 0.5) is 15.8 Å². The molecule has 1 heterocycles. The maximum absolute atomic E-state index is 13.3. The van der Waals surface area contributed by atoms with Gasteiger partial charge in [0.25, 0.3) is 0 Å². The lowest BCUT2D eigenvalue weighted by Gasteiger charge is -2.37. The molecule has 196 valence electrons. The number of hydrogen-bond acceptors (Lipinski definition) is 3. The number of allylic oxidation sites excluding steroid dienone is 2. The summed E-state index contributed by atoms with van der Waals surface area (Å²) in [5, 5.41) is 6.00. The van der Waals surface area contributed by atoms with E-state index in [1.54, 1.807) is 12.1 Å². The molecular formula is C36H29FN2O. The van der Waals surface area contributed by atoms with Gasteiger partial charge in [-0.25, -0.2) is 4.39 Å². The molecule has 0 saturated carbocycles. The van der Waals surface area contributed by atoms with E-state index in [9.17, 15) is 4.39 Å². The predicted molar refractivity (Wildman–Crippen MR) is 161 cm³/mol. The van der Waals surface area contributed by atoms with Gasteiger partial charge in [0.1, 0.15) is 18.2 Å². The first-order valence-electron chi connectivity index (χ1n) is 13.8. The minimum atomic E-state index is -0.253. The second-order valence-electron chi connectivity index (χ2n) is 10.5. The molecule has 0 unspecified atom stereocenters. The summed E-state index contributed by atoms with van der Waals surface area (Å²) in [5.74, 6) is 1.46. The number of aliphatic imine (C=N–C) groups is 1. The molecule has 0 aromatic heterocycles. The number of anilines is 1. The van der Waals surface area contributed by atoms with Gasteiger partial charge in [-0.15, -0.1) is 0 Å². The van der Waals surface area contributed by atoms with Gasteiger partial charge in [-0.3, -0.25) is 4.99 Å². The highest BCUT2D eigenvalue weighted by molar-refractivity contribution is 6.03. The molecule has 0 fully saturated rings. The lowest BCUT2D eigenvalue weighted by molar-refractivity contribution is 0.306. The Morgan fingerprint density at radius 3 is 2.52 bits per heavy atom. The predicted octanol–water partition coefficient (Wildman–Crippen LogP) is 9.13. The third kappa shape index (κ3) is 4.66. The molecule has 4 heteroatoms. The van der Waals surface area contributed by atoms with Gasteiger partial charge in [0.05, 0.1) is 11.7 Å². The first-order valence-corrected chi connectivity index (χ1v) is 13.8. The molecule has 1 aliphatic heterocycles. The van der Waals surface area contributed by atoms with Crippen LogP contribution in [-0.2, 0) is 6.61 Å². The van der Waals surface area contributed by atoms with Crippen molar-refractivity contribution in [3.05, 3.63) is 149 Å². The molecule has 1 aliphatic carbocycles. The van der Waals surface area contributed by atoms with Crippen LogP contribution >= 0.6 is 0 Å². The largest absolute Gasteiger partial charge is 0.488 e. The molecule has 7 rings (SSSR count). The Labute approximate surface area is 233 Å². The number of benzene rings is 5. The van der Waals surface area contributed by atoms with E-state index in [2.05, 4.69) is 84.2 Å².